The Bertz CT molecular complexity index is 2660. The van der Waals surface area contributed by atoms with Gasteiger partial charge in [0.15, 0.2) is 17.1 Å². The van der Waals surface area contributed by atoms with E-state index >= 15 is 0 Å². The van der Waals surface area contributed by atoms with Crippen LogP contribution in [-0.2, 0) is 49.6 Å². The van der Waals surface area contributed by atoms with Gasteiger partial charge in [-0.15, -0.1) is 0 Å². The Morgan fingerprint density at radius 3 is 2.00 bits per heavy atom. The third-order valence-corrected chi connectivity index (χ3v) is 12.4. The van der Waals surface area contributed by atoms with Crippen LogP contribution < -0.4 is 65.5 Å². The maximum absolute atomic E-state index is 13.7. The van der Waals surface area contributed by atoms with Crippen molar-refractivity contribution in [3.63, 3.8) is 0 Å². The Labute approximate surface area is 440 Å². The molecule has 3 rings (SSSR count). The topological polar surface area (TPSA) is 499 Å². The number of aliphatic imine (C=N–C) groups is 1. The number of nitrogens with one attached hydrogen (secondary N) is 9. The molecule has 3 aromatic rings. The van der Waals surface area contributed by atoms with Crippen LogP contribution in [0.1, 0.15) is 75.3 Å². The number of carbonyl (C=O) groups is 10. The predicted octanol–water partition coefficient (Wildman–Crippen LogP) is -2.37. The fourth-order valence-corrected chi connectivity index (χ4v) is 8.13. The number of nitrogens with two attached hydrogens (primary N) is 3. The second kappa shape index (κ2) is 31.3. The number of guanidine groups is 1. The van der Waals surface area contributed by atoms with Crippen molar-refractivity contribution in [2.45, 2.75) is 96.1 Å². The number of ether oxygens (including phenoxy) is 1. The molecular weight excluding hydrogens is 1040 g/mol. The molecule has 0 aliphatic rings. The Hall–Kier alpha value is -8.49. The zero-order valence-corrected chi connectivity index (χ0v) is 42.8. The van der Waals surface area contributed by atoms with Crippen LogP contribution in [0.5, 0.6) is 0 Å². The molecule has 0 aliphatic heterocycles. The number of aromatic amines is 1. The Kier molecular flexibility index (Phi) is 25.4. The van der Waals surface area contributed by atoms with E-state index in [-0.39, 0.29) is 85.5 Å². The summed E-state index contributed by atoms with van der Waals surface area (Å²) in [6.07, 6.45) is -2.09. The van der Waals surface area contributed by atoms with Gasteiger partial charge in [-0.2, -0.15) is 4.98 Å². The van der Waals surface area contributed by atoms with Crippen molar-refractivity contribution < 1.29 is 68.0 Å². The van der Waals surface area contributed by atoms with E-state index in [1.165, 1.54) is 18.3 Å². The highest BCUT2D eigenvalue weighted by atomic mass is 33.1. The van der Waals surface area contributed by atoms with Gasteiger partial charge in [0.25, 0.3) is 11.5 Å². The van der Waals surface area contributed by atoms with Crippen molar-refractivity contribution in [1.29, 1.82) is 0 Å². The molecule has 0 fully saturated rings. The molecule has 2 aromatic heterocycles. The lowest BCUT2D eigenvalue weighted by molar-refractivity contribution is -0.143. The molecule has 0 radical (unpaired) electrons. The maximum Gasteiger partial charge on any atom is 0.426 e. The number of hydrazine groups is 1. The van der Waals surface area contributed by atoms with Crippen LogP contribution in [0.4, 0.5) is 16.4 Å². The molecule has 18 N–H and O–H groups in total. The molecule has 1 aromatic carbocycles. The van der Waals surface area contributed by atoms with Crippen molar-refractivity contribution in [3.8, 4) is 0 Å². The standard InChI is InChI=1S/C43H60N16O15S2/c1-20(2)34(65)58-59-43(73)74-13-14-75-76-19-28(40(71)72)55-38(69)27(16-31(63)64)54-36(67)25(5-4-12-47-41(44)45)53-37(68)26(15-30(61)62)52-29(60)11-6-21(3)50-35(66)22-7-9-23(10-8-22)48-17-24-18-49-33-32(51-24)39(70)57-42(46)56-33/h7-10,18,20-21,25-28,48H,4-6,11-17,19H2,1-3H3,(H,50,66)(H,52,60)(H,53,68)(H,54,67)(H,55,69)(H,58,65)(H,59,73)(H,61,62)(H,63,64)(H,71,72)(H4,44,45,47)(H3,46,49,56,57,70)/t21-,25+,26+,27+,28+/m1/s1. The Morgan fingerprint density at radius 1 is 0.763 bits per heavy atom. The maximum atomic E-state index is 13.7. The van der Waals surface area contributed by atoms with Crippen molar-refractivity contribution in [3.05, 3.63) is 52.1 Å². The van der Waals surface area contributed by atoms with Gasteiger partial charge in [-0.1, -0.05) is 35.4 Å². The number of aromatic nitrogens is 4. The highest BCUT2D eigenvalue weighted by Gasteiger charge is 2.33. The lowest BCUT2D eigenvalue weighted by Crippen LogP contribution is -2.58. The van der Waals surface area contributed by atoms with Gasteiger partial charge < -0.3 is 69.2 Å². The molecule has 0 unspecified atom stereocenters. The monoisotopic (exact) mass is 1100 g/mol. The average molecular weight is 1110 g/mol. The molecule has 31 nitrogen and oxygen atoms in total. The van der Waals surface area contributed by atoms with E-state index in [1.807, 2.05) is 0 Å². The first-order valence-electron chi connectivity index (χ1n) is 23.0. The molecule has 0 saturated carbocycles. The molecular formula is C43H60N16O15S2. The number of hydrogen-bond acceptors (Lipinski definition) is 20. The summed E-state index contributed by atoms with van der Waals surface area (Å²) in [6, 6.07) is -1.21. The van der Waals surface area contributed by atoms with Crippen LogP contribution >= 0.6 is 21.6 Å². The Balaban J connectivity index is 1.58. The lowest BCUT2D eigenvalue weighted by Gasteiger charge is -2.25. The highest BCUT2D eigenvalue weighted by molar-refractivity contribution is 8.76. The molecule has 0 saturated heterocycles. The second-order valence-electron chi connectivity index (χ2n) is 16.6. The summed E-state index contributed by atoms with van der Waals surface area (Å²) < 4.78 is 4.90. The van der Waals surface area contributed by atoms with Crippen LogP contribution in [0.3, 0.4) is 0 Å². The van der Waals surface area contributed by atoms with Crippen molar-refractivity contribution in [1.82, 2.24) is 57.4 Å². The number of carboxylic acid groups (broad SMARTS) is 3. The van der Waals surface area contributed by atoms with Crippen LogP contribution in [0.2, 0.25) is 0 Å². The first kappa shape index (κ1) is 61.8. The van der Waals surface area contributed by atoms with Gasteiger partial charge in [-0.3, -0.25) is 58.6 Å². The number of nitrogens with zero attached hydrogens (tertiary/aromatic N) is 4. The van der Waals surface area contributed by atoms with E-state index in [9.17, 15) is 68.1 Å². The van der Waals surface area contributed by atoms with Crippen LogP contribution in [0.15, 0.2) is 40.2 Å². The summed E-state index contributed by atoms with van der Waals surface area (Å²) in [7, 11) is 2.00. The minimum absolute atomic E-state index is 0.00600. The summed E-state index contributed by atoms with van der Waals surface area (Å²) in [4.78, 5) is 156. The number of anilines is 2. The van der Waals surface area contributed by atoms with Gasteiger partial charge >= 0.3 is 24.0 Å². The number of carboxylic acids is 3. The predicted molar refractivity (Wildman–Crippen MR) is 274 cm³/mol. The SMILES string of the molecule is CC(C)C(=O)NNC(=O)OCCSSC[C@H](NC(=O)[C@H](CC(=O)O)NC(=O)[C@H](CCCN=C(N)N)NC(=O)[C@H](CC(=O)O)NC(=O)CC[C@@H](C)NC(=O)c1ccc(NCc2cnc3nc(N)[nH]c(=O)c3n2)cc1)C(=O)O. The smallest absolute Gasteiger partial charge is 0.426 e. The molecule has 0 aliphatic carbocycles. The number of hydrogen-bond donors (Lipinski definition) is 15. The number of aliphatic carboxylic acids is 3. The third-order valence-electron chi connectivity index (χ3n) is 10.1. The van der Waals surface area contributed by atoms with E-state index in [0.29, 0.717) is 11.4 Å². The van der Waals surface area contributed by atoms with Gasteiger partial charge in [0.2, 0.25) is 35.5 Å². The van der Waals surface area contributed by atoms with E-state index in [2.05, 4.69) is 67.7 Å². The van der Waals surface area contributed by atoms with Crippen LogP contribution in [0.25, 0.3) is 11.2 Å². The summed E-state index contributed by atoms with van der Waals surface area (Å²) in [6.45, 7) is 4.76. The van der Waals surface area contributed by atoms with Crippen LogP contribution in [-0.4, -0.2) is 156 Å². The second-order valence-corrected chi connectivity index (χ2v) is 19.3. The molecule has 0 spiro atoms. The van der Waals surface area contributed by atoms with Crippen LogP contribution in [0, 0.1) is 5.92 Å². The zero-order chi connectivity index (χ0) is 56.5. The molecule has 33 heteroatoms. The van der Waals surface area contributed by atoms with Gasteiger partial charge in [0.05, 0.1) is 31.3 Å². The minimum atomic E-state index is -1.91. The number of benzene rings is 1. The summed E-state index contributed by atoms with van der Waals surface area (Å²) in [5.74, 6) is -10.9. The number of fused-ring (bicyclic) bond motifs is 1. The Morgan fingerprint density at radius 2 is 1.38 bits per heavy atom. The van der Waals surface area contributed by atoms with Gasteiger partial charge in [0, 0.05) is 47.7 Å². The van der Waals surface area contributed by atoms with E-state index in [4.69, 9.17) is 21.9 Å². The number of amides is 7. The molecule has 0 bridgehead atoms. The van der Waals surface area contributed by atoms with Crippen molar-refractivity contribution in [2.24, 2.45) is 22.4 Å². The first-order valence-corrected chi connectivity index (χ1v) is 25.5. The molecule has 2 heterocycles. The van der Waals surface area contributed by atoms with Gasteiger partial charge in [-0.05, 0) is 50.5 Å². The largest absolute Gasteiger partial charge is 0.481 e. The summed E-state index contributed by atoms with van der Waals surface area (Å²) in [5.41, 5.74) is 21.4. The fraction of sp³-hybridized carbons (Fsp3) is 0.465. The first-order chi connectivity index (χ1) is 35.9. The minimum Gasteiger partial charge on any atom is -0.481 e. The van der Waals surface area contributed by atoms with Gasteiger partial charge in [-0.25, -0.2) is 25.0 Å². The normalized spacial score (nSPS) is 12.8. The summed E-state index contributed by atoms with van der Waals surface area (Å²) >= 11 is 0. The quantitative estimate of drug-likeness (QED) is 0.0105. The average Bonchev–Trinajstić information content (AvgIpc) is 3.34. The van der Waals surface area contributed by atoms with E-state index in [0.717, 1.165) is 21.6 Å². The summed E-state index contributed by atoms with van der Waals surface area (Å²) in [5, 5.41) is 43.8. The fourth-order valence-electron chi connectivity index (χ4n) is 6.15. The molecule has 5 atom stereocenters. The number of H-pyrrole nitrogens is 1. The molecule has 414 valence electrons. The lowest BCUT2D eigenvalue weighted by atomic mass is 10.1. The molecule has 7 amide bonds. The van der Waals surface area contributed by atoms with Crippen molar-refractivity contribution >= 4 is 110 Å². The molecule has 76 heavy (non-hydrogen) atoms. The van der Waals surface area contributed by atoms with Crippen molar-refractivity contribution in [2.75, 3.05) is 35.7 Å². The van der Waals surface area contributed by atoms with E-state index in [1.54, 1.807) is 32.9 Å². The zero-order valence-electron chi connectivity index (χ0n) is 41.2. The van der Waals surface area contributed by atoms with Gasteiger partial charge in [0.1, 0.15) is 30.8 Å². The third kappa shape index (κ3) is 22.7. The highest BCUT2D eigenvalue weighted by Crippen LogP contribution is 2.22. The van der Waals surface area contributed by atoms with E-state index < -0.39 is 114 Å². The number of nitrogen functional groups attached to an aromatic ring is 1. The number of carbonyl (C=O) groups excluding carboxylic acids is 7. The number of rotatable bonds is 31.